The number of likely N-dealkylation sites (tertiary alicyclic amines) is 1. The highest BCUT2D eigenvalue weighted by Crippen LogP contribution is 2.23. The van der Waals surface area contributed by atoms with Gasteiger partial charge in [0, 0.05) is 31.7 Å². The number of alkyl halides is 1. The lowest BCUT2D eigenvalue weighted by molar-refractivity contribution is 0.231. The number of aromatic nitrogens is 3. The molecule has 1 aliphatic heterocycles. The molecule has 0 aliphatic carbocycles. The fraction of sp³-hybridized carbons (Fsp3) is 0.818. The monoisotopic (exact) mass is 242 g/mol. The maximum Gasteiger partial charge on any atom is 0.0967 e. The first kappa shape index (κ1) is 11.9. The van der Waals surface area contributed by atoms with Crippen LogP contribution in [-0.4, -0.2) is 38.4 Å². The minimum Gasteiger partial charge on any atom is -0.294 e. The zero-order valence-corrected chi connectivity index (χ0v) is 10.5. The van der Waals surface area contributed by atoms with Crippen molar-refractivity contribution in [3.8, 4) is 0 Å². The molecule has 4 nitrogen and oxygen atoms in total. The molecule has 0 spiro atoms. The number of hydrogen-bond donors (Lipinski definition) is 0. The molecule has 1 unspecified atom stereocenters. The molecule has 1 saturated heterocycles. The van der Waals surface area contributed by atoms with Crippen molar-refractivity contribution in [1.82, 2.24) is 19.9 Å². The van der Waals surface area contributed by atoms with Gasteiger partial charge >= 0.3 is 0 Å². The molecular formula is C11H19ClN4. The van der Waals surface area contributed by atoms with E-state index < -0.39 is 0 Å². The Labute approximate surface area is 102 Å². The number of rotatable bonds is 5. The van der Waals surface area contributed by atoms with Gasteiger partial charge in [0.1, 0.15) is 0 Å². The molecular weight excluding hydrogens is 224 g/mol. The van der Waals surface area contributed by atoms with Crippen molar-refractivity contribution in [1.29, 1.82) is 0 Å². The van der Waals surface area contributed by atoms with E-state index in [1.807, 2.05) is 13.2 Å². The maximum absolute atomic E-state index is 5.75. The molecule has 0 aromatic carbocycles. The second-order valence-corrected chi connectivity index (χ2v) is 4.86. The van der Waals surface area contributed by atoms with Crippen molar-refractivity contribution in [2.24, 2.45) is 7.05 Å². The molecule has 0 amide bonds. The summed E-state index contributed by atoms with van der Waals surface area (Å²) in [6, 6.07) is 0.695. The number of hydrogen-bond acceptors (Lipinski definition) is 3. The summed E-state index contributed by atoms with van der Waals surface area (Å²) in [6.45, 7) is 2.12. The van der Waals surface area contributed by atoms with Crippen molar-refractivity contribution < 1.29 is 0 Å². The van der Waals surface area contributed by atoms with Gasteiger partial charge in [0.15, 0.2) is 0 Å². The van der Waals surface area contributed by atoms with Crippen LogP contribution >= 0.6 is 11.6 Å². The standard InChI is InChI=1S/C11H19ClN4/c1-15-8-10(13-14-15)9-16-7-3-5-11(16)4-2-6-12/h8,11H,2-7,9H2,1H3. The Morgan fingerprint density at radius 3 is 3.12 bits per heavy atom. The van der Waals surface area contributed by atoms with Gasteiger partial charge < -0.3 is 0 Å². The number of aryl methyl sites for hydroxylation is 1. The molecule has 1 aliphatic rings. The average molecular weight is 243 g/mol. The third-order valence-corrected chi connectivity index (χ3v) is 3.45. The summed E-state index contributed by atoms with van der Waals surface area (Å²) in [5, 5.41) is 8.10. The van der Waals surface area contributed by atoms with Crippen LogP contribution in [0.15, 0.2) is 6.20 Å². The molecule has 5 heteroatoms. The highest BCUT2D eigenvalue weighted by molar-refractivity contribution is 6.17. The van der Waals surface area contributed by atoms with E-state index in [1.54, 1.807) is 4.68 Å². The van der Waals surface area contributed by atoms with Gasteiger partial charge in [0.25, 0.3) is 0 Å². The van der Waals surface area contributed by atoms with E-state index in [0.717, 1.165) is 24.5 Å². The Morgan fingerprint density at radius 1 is 1.56 bits per heavy atom. The largest absolute Gasteiger partial charge is 0.294 e. The zero-order chi connectivity index (χ0) is 11.4. The van der Waals surface area contributed by atoms with Gasteiger partial charge in [-0.1, -0.05) is 5.21 Å². The van der Waals surface area contributed by atoms with Crippen LogP contribution in [-0.2, 0) is 13.6 Å². The summed E-state index contributed by atoms with van der Waals surface area (Å²) in [5.74, 6) is 0.773. The minimum atomic E-state index is 0.695. The van der Waals surface area contributed by atoms with Crippen LogP contribution in [0, 0.1) is 0 Å². The first-order valence-electron chi connectivity index (χ1n) is 5.95. The van der Waals surface area contributed by atoms with Crippen LogP contribution < -0.4 is 0 Å². The van der Waals surface area contributed by atoms with Gasteiger partial charge in [-0.05, 0) is 32.2 Å². The Balaban J connectivity index is 1.88. The molecule has 0 radical (unpaired) electrons. The van der Waals surface area contributed by atoms with E-state index in [0.29, 0.717) is 6.04 Å². The summed E-state index contributed by atoms with van der Waals surface area (Å²) in [4.78, 5) is 2.51. The van der Waals surface area contributed by atoms with Crippen molar-refractivity contribution in [3.05, 3.63) is 11.9 Å². The topological polar surface area (TPSA) is 34.0 Å². The lowest BCUT2D eigenvalue weighted by atomic mass is 10.1. The van der Waals surface area contributed by atoms with Crippen LogP contribution in [0.2, 0.25) is 0 Å². The first-order chi connectivity index (χ1) is 7.79. The van der Waals surface area contributed by atoms with Crippen LogP contribution in [0.1, 0.15) is 31.4 Å². The lowest BCUT2D eigenvalue weighted by Gasteiger charge is -2.22. The van der Waals surface area contributed by atoms with Crippen molar-refractivity contribution in [3.63, 3.8) is 0 Å². The Kier molecular flexibility index (Phi) is 4.18. The molecule has 0 bridgehead atoms. The lowest BCUT2D eigenvalue weighted by Crippen LogP contribution is -2.29. The molecule has 0 N–H and O–H groups in total. The van der Waals surface area contributed by atoms with E-state index in [9.17, 15) is 0 Å². The summed E-state index contributed by atoms with van der Waals surface area (Å²) >= 11 is 5.75. The SMILES string of the molecule is Cn1cc(CN2CCCC2CCCCl)nn1. The van der Waals surface area contributed by atoms with Gasteiger partial charge in [-0.2, -0.15) is 0 Å². The third kappa shape index (κ3) is 2.95. The predicted molar refractivity (Wildman–Crippen MR) is 64.4 cm³/mol. The predicted octanol–water partition coefficient (Wildman–Crippen LogP) is 1.80. The van der Waals surface area contributed by atoms with Crippen LogP contribution in [0.5, 0.6) is 0 Å². The normalized spacial score (nSPS) is 21.8. The molecule has 2 rings (SSSR count). The van der Waals surface area contributed by atoms with E-state index in [2.05, 4.69) is 15.2 Å². The molecule has 1 atom stereocenters. The second kappa shape index (κ2) is 5.64. The summed E-state index contributed by atoms with van der Waals surface area (Å²) in [5.41, 5.74) is 1.07. The average Bonchev–Trinajstić information content (AvgIpc) is 2.86. The van der Waals surface area contributed by atoms with E-state index in [-0.39, 0.29) is 0 Å². The molecule has 16 heavy (non-hydrogen) atoms. The number of nitrogens with zero attached hydrogens (tertiary/aromatic N) is 4. The summed E-state index contributed by atoms with van der Waals surface area (Å²) < 4.78 is 1.76. The van der Waals surface area contributed by atoms with Crippen molar-refractivity contribution in [2.75, 3.05) is 12.4 Å². The highest BCUT2D eigenvalue weighted by Gasteiger charge is 2.24. The molecule has 0 saturated carbocycles. The summed E-state index contributed by atoms with van der Waals surface area (Å²) in [7, 11) is 1.91. The second-order valence-electron chi connectivity index (χ2n) is 4.48. The number of halogens is 1. The van der Waals surface area contributed by atoms with Gasteiger partial charge in [0.2, 0.25) is 0 Å². The molecule has 1 aromatic rings. The van der Waals surface area contributed by atoms with Crippen LogP contribution in [0.25, 0.3) is 0 Å². The Hall–Kier alpha value is -0.610. The maximum atomic E-state index is 5.75. The minimum absolute atomic E-state index is 0.695. The van der Waals surface area contributed by atoms with E-state index >= 15 is 0 Å². The van der Waals surface area contributed by atoms with Crippen molar-refractivity contribution in [2.45, 2.75) is 38.3 Å². The molecule has 1 fully saturated rings. The fourth-order valence-corrected chi connectivity index (χ4v) is 2.57. The zero-order valence-electron chi connectivity index (χ0n) is 9.77. The quantitative estimate of drug-likeness (QED) is 0.739. The van der Waals surface area contributed by atoms with E-state index in [4.69, 9.17) is 11.6 Å². The van der Waals surface area contributed by atoms with Gasteiger partial charge in [-0.25, -0.2) is 0 Å². The van der Waals surface area contributed by atoms with Gasteiger partial charge in [-0.15, -0.1) is 16.7 Å². The molecule has 2 heterocycles. The van der Waals surface area contributed by atoms with Gasteiger partial charge in [-0.3, -0.25) is 9.58 Å². The van der Waals surface area contributed by atoms with Crippen LogP contribution in [0.4, 0.5) is 0 Å². The fourth-order valence-electron chi connectivity index (χ4n) is 2.42. The van der Waals surface area contributed by atoms with E-state index in [1.165, 1.54) is 25.8 Å². The molecule has 90 valence electrons. The Bertz CT molecular complexity index is 326. The first-order valence-corrected chi connectivity index (χ1v) is 6.48. The third-order valence-electron chi connectivity index (χ3n) is 3.19. The smallest absolute Gasteiger partial charge is 0.0967 e. The highest BCUT2D eigenvalue weighted by atomic mass is 35.5. The molecule has 1 aromatic heterocycles. The van der Waals surface area contributed by atoms with Crippen LogP contribution in [0.3, 0.4) is 0 Å². The Morgan fingerprint density at radius 2 is 2.44 bits per heavy atom. The van der Waals surface area contributed by atoms with Crippen molar-refractivity contribution >= 4 is 11.6 Å². The summed E-state index contributed by atoms with van der Waals surface area (Å²) in [6.07, 6.45) is 6.92. The van der Waals surface area contributed by atoms with Gasteiger partial charge in [0.05, 0.1) is 5.69 Å².